The molecule has 0 saturated carbocycles. The summed E-state index contributed by atoms with van der Waals surface area (Å²) >= 11 is 0. The Morgan fingerprint density at radius 1 is 0.571 bits per heavy atom. The fraction of sp³-hybridized carbons (Fsp3) is 0.333. The van der Waals surface area contributed by atoms with Gasteiger partial charge in [-0.05, 0) is 0 Å². The Labute approximate surface area is 109 Å². The molecule has 5 N–H and O–H groups in total. The molecule has 1 rings (SSSR count). The Morgan fingerprint density at radius 3 is 1.00 bits per heavy atom. The van der Waals surface area contributed by atoms with Gasteiger partial charge in [0.1, 0.15) is 22.4 Å². The largest absolute Gasteiger partial charge is 0.507 e. The summed E-state index contributed by atoms with van der Waals surface area (Å²) in [5.74, 6) is -2.50. The molecule has 0 aliphatic rings. The van der Waals surface area contributed by atoms with Crippen LogP contribution in [0.15, 0.2) is 0 Å². The molecule has 0 atom stereocenters. The second-order valence-electron chi connectivity index (χ2n) is 3.79. The summed E-state index contributed by atoms with van der Waals surface area (Å²) in [5.41, 5.74) is -2.79. The average molecular weight is 328 g/mol. The maximum atomic E-state index is 12.6. The zero-order valence-corrected chi connectivity index (χ0v) is 9.50. The lowest BCUT2D eigenvalue weighted by Gasteiger charge is -2.23. The van der Waals surface area contributed by atoms with Crippen LogP contribution in [-0.4, -0.2) is 5.11 Å². The molecule has 0 spiro atoms. The van der Waals surface area contributed by atoms with Gasteiger partial charge in [0.2, 0.25) is 0 Å². The van der Waals surface area contributed by atoms with Gasteiger partial charge < -0.3 is 16.6 Å². The zero-order chi connectivity index (χ0) is 17.0. The van der Waals surface area contributed by atoms with E-state index in [9.17, 15) is 39.5 Å². The van der Waals surface area contributed by atoms with Crippen LogP contribution in [0.3, 0.4) is 0 Å². The third-order valence-electron chi connectivity index (χ3n) is 2.40. The number of alkyl halides is 9. The number of anilines is 2. The normalized spacial score (nSPS) is 13.6. The summed E-state index contributed by atoms with van der Waals surface area (Å²) in [4.78, 5) is 0. The summed E-state index contributed by atoms with van der Waals surface area (Å²) in [5, 5.41) is 9.04. The second kappa shape index (κ2) is 4.49. The molecule has 0 aromatic heterocycles. The molecule has 0 fully saturated rings. The molecule has 0 amide bonds. The van der Waals surface area contributed by atoms with Gasteiger partial charge >= 0.3 is 18.5 Å². The standard InChI is InChI=1S/C9H5F9N2O/c10-7(11,12)1-4(19)2(8(13,14)15)6(21)3(5(1)20)9(16,17)18/h21H,19-20H2. The van der Waals surface area contributed by atoms with Gasteiger partial charge in [0.15, 0.2) is 0 Å². The number of phenolic OH excluding ortho intramolecular Hbond substituents is 1. The van der Waals surface area contributed by atoms with Crippen molar-refractivity contribution in [1.82, 2.24) is 0 Å². The number of rotatable bonds is 0. The smallest absolute Gasteiger partial charge is 0.421 e. The molecule has 12 heteroatoms. The van der Waals surface area contributed by atoms with Crippen molar-refractivity contribution < 1.29 is 44.6 Å². The highest BCUT2D eigenvalue weighted by Gasteiger charge is 2.50. The van der Waals surface area contributed by atoms with E-state index in [0.29, 0.717) is 0 Å². The van der Waals surface area contributed by atoms with Crippen LogP contribution in [0.5, 0.6) is 5.75 Å². The predicted molar refractivity (Wildman–Crippen MR) is 51.9 cm³/mol. The molecule has 0 aliphatic carbocycles. The molecule has 0 aliphatic heterocycles. The number of aromatic hydroxyl groups is 1. The summed E-state index contributed by atoms with van der Waals surface area (Å²) in [6.07, 6.45) is -17.2. The van der Waals surface area contributed by atoms with E-state index >= 15 is 0 Å². The van der Waals surface area contributed by atoms with Crippen LogP contribution in [0.1, 0.15) is 16.7 Å². The Balaban J connectivity index is 4.04. The van der Waals surface area contributed by atoms with E-state index in [1.54, 1.807) is 0 Å². The molecule has 0 radical (unpaired) electrons. The number of nitrogen functional groups attached to an aromatic ring is 2. The highest BCUT2D eigenvalue weighted by Crippen LogP contribution is 2.54. The van der Waals surface area contributed by atoms with Crippen LogP contribution in [0, 0.1) is 0 Å². The summed E-state index contributed by atoms with van der Waals surface area (Å²) < 4.78 is 113. The molecule has 0 saturated heterocycles. The van der Waals surface area contributed by atoms with E-state index in [0.717, 1.165) is 0 Å². The molecular weight excluding hydrogens is 323 g/mol. The van der Waals surface area contributed by atoms with Crippen molar-refractivity contribution in [3.8, 4) is 5.75 Å². The average Bonchev–Trinajstić information content (AvgIpc) is 2.07. The molecule has 120 valence electrons. The Hall–Kier alpha value is -2.01. The lowest BCUT2D eigenvalue weighted by Crippen LogP contribution is -2.22. The first-order chi connectivity index (χ1) is 9.10. The highest BCUT2D eigenvalue weighted by molar-refractivity contribution is 5.76. The van der Waals surface area contributed by atoms with E-state index in [4.69, 9.17) is 5.11 Å². The lowest BCUT2D eigenvalue weighted by atomic mass is 9.97. The van der Waals surface area contributed by atoms with Crippen LogP contribution >= 0.6 is 0 Å². The predicted octanol–water partition coefficient (Wildman–Crippen LogP) is 3.61. The molecule has 1 aromatic rings. The first-order valence-corrected chi connectivity index (χ1v) is 4.75. The molecule has 1 aromatic carbocycles. The minimum absolute atomic E-state index is 2.13. The Bertz CT molecular complexity index is 469. The molecule has 0 bridgehead atoms. The van der Waals surface area contributed by atoms with Gasteiger partial charge in [-0.3, -0.25) is 0 Å². The van der Waals surface area contributed by atoms with Gasteiger partial charge in [-0.2, -0.15) is 39.5 Å². The van der Waals surface area contributed by atoms with Crippen LogP contribution in [0.4, 0.5) is 50.9 Å². The molecule has 3 nitrogen and oxygen atoms in total. The fourth-order valence-corrected chi connectivity index (χ4v) is 1.65. The zero-order valence-electron chi connectivity index (χ0n) is 9.50. The molecular formula is C9H5F9N2O. The van der Waals surface area contributed by atoms with Crippen LogP contribution < -0.4 is 11.5 Å². The van der Waals surface area contributed by atoms with E-state index in [-0.39, 0.29) is 0 Å². The molecule has 0 unspecified atom stereocenters. The first-order valence-electron chi connectivity index (χ1n) is 4.75. The van der Waals surface area contributed by atoms with Crippen molar-refractivity contribution in [3.63, 3.8) is 0 Å². The van der Waals surface area contributed by atoms with E-state index in [2.05, 4.69) is 11.5 Å². The SMILES string of the molecule is Nc1c(C(F)(F)F)c(N)c(C(F)(F)F)c(O)c1C(F)(F)F. The van der Waals surface area contributed by atoms with Crippen molar-refractivity contribution in [3.05, 3.63) is 16.7 Å². The molecule has 21 heavy (non-hydrogen) atoms. The van der Waals surface area contributed by atoms with E-state index in [1.165, 1.54) is 0 Å². The van der Waals surface area contributed by atoms with Gasteiger partial charge in [-0.15, -0.1) is 0 Å². The van der Waals surface area contributed by atoms with Crippen molar-refractivity contribution >= 4 is 11.4 Å². The van der Waals surface area contributed by atoms with Gasteiger partial charge in [-0.1, -0.05) is 0 Å². The van der Waals surface area contributed by atoms with Crippen molar-refractivity contribution in [2.75, 3.05) is 11.5 Å². The molecule has 0 heterocycles. The van der Waals surface area contributed by atoms with Crippen molar-refractivity contribution in [1.29, 1.82) is 0 Å². The van der Waals surface area contributed by atoms with Gasteiger partial charge in [0.05, 0.1) is 11.4 Å². The van der Waals surface area contributed by atoms with Crippen LogP contribution in [-0.2, 0) is 18.5 Å². The third-order valence-corrected chi connectivity index (χ3v) is 2.40. The van der Waals surface area contributed by atoms with E-state index in [1.807, 2.05) is 0 Å². The fourth-order valence-electron chi connectivity index (χ4n) is 1.65. The van der Waals surface area contributed by atoms with Gasteiger partial charge in [0.25, 0.3) is 0 Å². The summed E-state index contributed by atoms with van der Waals surface area (Å²) in [6.45, 7) is 0. The van der Waals surface area contributed by atoms with Crippen LogP contribution in [0.25, 0.3) is 0 Å². The second-order valence-corrected chi connectivity index (χ2v) is 3.79. The van der Waals surface area contributed by atoms with Crippen molar-refractivity contribution in [2.24, 2.45) is 0 Å². The van der Waals surface area contributed by atoms with Crippen molar-refractivity contribution in [2.45, 2.75) is 18.5 Å². The van der Waals surface area contributed by atoms with Crippen LogP contribution in [0.2, 0.25) is 0 Å². The van der Waals surface area contributed by atoms with Gasteiger partial charge in [-0.25, -0.2) is 0 Å². The van der Waals surface area contributed by atoms with Gasteiger partial charge in [0, 0.05) is 0 Å². The first kappa shape index (κ1) is 17.0. The topological polar surface area (TPSA) is 72.3 Å². The summed E-state index contributed by atoms with van der Waals surface area (Å²) in [7, 11) is 0. The lowest BCUT2D eigenvalue weighted by molar-refractivity contribution is -0.148. The number of nitrogens with two attached hydrogens (primary N) is 2. The van der Waals surface area contributed by atoms with E-state index < -0.39 is 52.3 Å². The Kier molecular flexibility index (Phi) is 3.65. The number of hydrogen-bond donors (Lipinski definition) is 3. The minimum Gasteiger partial charge on any atom is -0.507 e. The third kappa shape index (κ3) is 2.88. The number of halogens is 9. The quantitative estimate of drug-likeness (QED) is 0.503. The number of phenols is 1. The minimum atomic E-state index is -5.75. The number of hydrogen-bond acceptors (Lipinski definition) is 3. The Morgan fingerprint density at radius 2 is 0.810 bits per heavy atom. The maximum Gasteiger partial charge on any atom is 0.421 e. The maximum absolute atomic E-state index is 12.6. The highest BCUT2D eigenvalue weighted by atomic mass is 19.4. The number of benzene rings is 1. The summed E-state index contributed by atoms with van der Waals surface area (Å²) in [6, 6.07) is 0. The monoisotopic (exact) mass is 328 g/mol.